The molecule has 92 valence electrons. The molecular weight excluding hydrogens is 236 g/mol. The molecular formula is C12H10N2O4. The summed E-state index contributed by atoms with van der Waals surface area (Å²) in [6.45, 7) is 0. The summed E-state index contributed by atoms with van der Waals surface area (Å²) < 4.78 is 4.88. The van der Waals surface area contributed by atoms with Gasteiger partial charge < -0.3 is 14.9 Å². The van der Waals surface area contributed by atoms with Gasteiger partial charge in [0.25, 0.3) is 0 Å². The Kier molecular flexibility index (Phi) is 3.09. The van der Waals surface area contributed by atoms with Gasteiger partial charge in [-0.15, -0.1) is 5.10 Å². The van der Waals surface area contributed by atoms with Gasteiger partial charge >= 0.3 is 5.97 Å². The third kappa shape index (κ3) is 2.08. The summed E-state index contributed by atoms with van der Waals surface area (Å²) in [6, 6.07) is 6.23. The van der Waals surface area contributed by atoms with E-state index < -0.39 is 5.97 Å². The van der Waals surface area contributed by atoms with Crippen LogP contribution in [0, 0.1) is 0 Å². The fourth-order valence-electron chi connectivity index (χ4n) is 1.61. The number of hydrogen-bond donors (Lipinski definition) is 2. The summed E-state index contributed by atoms with van der Waals surface area (Å²) in [6.07, 6.45) is 1.32. The second kappa shape index (κ2) is 4.70. The lowest BCUT2D eigenvalue weighted by molar-refractivity contribution is 0.0693. The van der Waals surface area contributed by atoms with Crippen LogP contribution in [-0.2, 0) is 0 Å². The molecule has 18 heavy (non-hydrogen) atoms. The summed E-state index contributed by atoms with van der Waals surface area (Å²) in [5.74, 6) is -1.19. The minimum Gasteiger partial charge on any atom is -0.508 e. The maximum absolute atomic E-state index is 11.2. The van der Waals surface area contributed by atoms with Crippen LogP contribution in [0.5, 0.6) is 11.6 Å². The SMILES string of the molecule is COc1nncc(-c2cccc(O)c2)c1C(=O)O. The number of aromatic carboxylic acids is 1. The standard InChI is InChI=1S/C12H10N2O4/c1-18-11-10(12(16)17)9(6-13-14-11)7-3-2-4-8(15)5-7/h2-6,15H,1H3,(H,16,17). The van der Waals surface area contributed by atoms with E-state index in [1.54, 1.807) is 12.1 Å². The Labute approximate surface area is 102 Å². The molecule has 0 unspecified atom stereocenters. The average molecular weight is 246 g/mol. The number of ether oxygens (including phenoxy) is 1. The van der Waals surface area contributed by atoms with Gasteiger partial charge in [-0.2, -0.15) is 5.10 Å². The molecule has 0 atom stereocenters. The zero-order chi connectivity index (χ0) is 13.1. The molecule has 0 aliphatic heterocycles. The molecule has 0 saturated carbocycles. The minimum atomic E-state index is -1.17. The van der Waals surface area contributed by atoms with Crippen molar-refractivity contribution in [3.8, 4) is 22.8 Å². The van der Waals surface area contributed by atoms with Gasteiger partial charge in [0, 0.05) is 5.56 Å². The third-order valence-corrected chi connectivity index (χ3v) is 2.38. The van der Waals surface area contributed by atoms with Crippen LogP contribution in [0.2, 0.25) is 0 Å². The van der Waals surface area contributed by atoms with Crippen molar-refractivity contribution in [3.63, 3.8) is 0 Å². The first-order valence-corrected chi connectivity index (χ1v) is 5.06. The van der Waals surface area contributed by atoms with Crippen LogP contribution < -0.4 is 4.74 Å². The summed E-state index contributed by atoms with van der Waals surface area (Å²) in [5, 5.41) is 25.9. The van der Waals surface area contributed by atoms with Gasteiger partial charge in [0.2, 0.25) is 5.88 Å². The van der Waals surface area contributed by atoms with Crippen LogP contribution in [0.1, 0.15) is 10.4 Å². The van der Waals surface area contributed by atoms with Gasteiger partial charge in [-0.25, -0.2) is 4.79 Å². The van der Waals surface area contributed by atoms with Crippen molar-refractivity contribution in [1.29, 1.82) is 0 Å². The highest BCUT2D eigenvalue weighted by Gasteiger charge is 2.19. The summed E-state index contributed by atoms with van der Waals surface area (Å²) in [5.41, 5.74) is 0.781. The third-order valence-electron chi connectivity index (χ3n) is 2.38. The number of carboxylic acids is 1. The van der Waals surface area contributed by atoms with E-state index in [-0.39, 0.29) is 17.2 Å². The fourth-order valence-corrected chi connectivity index (χ4v) is 1.61. The molecule has 0 spiro atoms. The maximum atomic E-state index is 11.2. The molecule has 2 rings (SSSR count). The lowest BCUT2D eigenvalue weighted by Crippen LogP contribution is -2.06. The zero-order valence-electron chi connectivity index (χ0n) is 9.49. The van der Waals surface area contributed by atoms with E-state index in [0.29, 0.717) is 11.1 Å². The highest BCUT2D eigenvalue weighted by molar-refractivity contribution is 5.98. The molecule has 1 aromatic carbocycles. The number of aromatic hydroxyl groups is 1. The Morgan fingerprint density at radius 3 is 2.78 bits per heavy atom. The Balaban J connectivity index is 2.67. The normalized spacial score (nSPS) is 10.1. The number of phenolic OH excluding ortho intramolecular Hbond substituents is 1. The van der Waals surface area contributed by atoms with Gasteiger partial charge in [0.15, 0.2) is 0 Å². The van der Waals surface area contributed by atoms with E-state index in [0.717, 1.165) is 0 Å². The van der Waals surface area contributed by atoms with E-state index in [1.165, 1.54) is 25.4 Å². The van der Waals surface area contributed by atoms with Gasteiger partial charge in [0.05, 0.1) is 13.3 Å². The molecule has 1 aromatic heterocycles. The lowest BCUT2D eigenvalue weighted by atomic mass is 10.0. The summed E-state index contributed by atoms with van der Waals surface area (Å²) in [4.78, 5) is 11.2. The molecule has 1 heterocycles. The Bertz CT molecular complexity index is 598. The van der Waals surface area contributed by atoms with Gasteiger partial charge in [-0.1, -0.05) is 12.1 Å². The van der Waals surface area contributed by atoms with Gasteiger partial charge in [-0.3, -0.25) is 0 Å². The molecule has 0 aliphatic carbocycles. The average Bonchev–Trinajstić information content (AvgIpc) is 2.37. The van der Waals surface area contributed by atoms with Crippen molar-refractivity contribution in [1.82, 2.24) is 10.2 Å². The molecule has 6 heteroatoms. The number of methoxy groups -OCH3 is 1. The Morgan fingerprint density at radius 2 is 2.17 bits per heavy atom. The van der Waals surface area contributed by atoms with Crippen LogP contribution >= 0.6 is 0 Å². The van der Waals surface area contributed by atoms with Crippen molar-refractivity contribution < 1.29 is 19.7 Å². The van der Waals surface area contributed by atoms with Gasteiger partial charge in [-0.05, 0) is 17.7 Å². The molecule has 2 aromatic rings. The predicted octanol–water partition coefficient (Wildman–Crippen LogP) is 1.56. The molecule has 0 bridgehead atoms. The number of carboxylic acid groups (broad SMARTS) is 1. The number of rotatable bonds is 3. The van der Waals surface area contributed by atoms with E-state index in [4.69, 9.17) is 4.74 Å². The monoisotopic (exact) mass is 246 g/mol. The highest BCUT2D eigenvalue weighted by Crippen LogP contribution is 2.29. The number of aromatic nitrogens is 2. The number of benzene rings is 1. The van der Waals surface area contributed by atoms with Crippen LogP contribution in [0.3, 0.4) is 0 Å². The minimum absolute atomic E-state index is 0.0413. The molecule has 0 aliphatic rings. The molecule has 0 radical (unpaired) electrons. The van der Waals surface area contributed by atoms with Crippen molar-refractivity contribution >= 4 is 5.97 Å². The van der Waals surface area contributed by atoms with Crippen molar-refractivity contribution in [2.24, 2.45) is 0 Å². The first-order chi connectivity index (χ1) is 8.63. The largest absolute Gasteiger partial charge is 0.508 e. The number of hydrogen-bond acceptors (Lipinski definition) is 5. The van der Waals surface area contributed by atoms with Crippen molar-refractivity contribution in [2.75, 3.05) is 7.11 Å². The molecule has 0 amide bonds. The van der Waals surface area contributed by atoms with Crippen LogP contribution in [0.25, 0.3) is 11.1 Å². The summed E-state index contributed by atoms with van der Waals surface area (Å²) in [7, 11) is 1.32. The molecule has 6 nitrogen and oxygen atoms in total. The topological polar surface area (TPSA) is 92.5 Å². The molecule has 0 saturated heterocycles. The second-order valence-corrected chi connectivity index (χ2v) is 3.50. The predicted molar refractivity (Wildman–Crippen MR) is 62.6 cm³/mol. The quantitative estimate of drug-likeness (QED) is 0.853. The van der Waals surface area contributed by atoms with Crippen LogP contribution in [0.4, 0.5) is 0 Å². The van der Waals surface area contributed by atoms with E-state index >= 15 is 0 Å². The van der Waals surface area contributed by atoms with E-state index in [1.807, 2.05) is 0 Å². The van der Waals surface area contributed by atoms with Crippen LogP contribution in [0.15, 0.2) is 30.5 Å². The molecule has 0 fully saturated rings. The molecule has 2 N–H and O–H groups in total. The highest BCUT2D eigenvalue weighted by atomic mass is 16.5. The second-order valence-electron chi connectivity index (χ2n) is 3.50. The smallest absolute Gasteiger partial charge is 0.341 e. The zero-order valence-corrected chi connectivity index (χ0v) is 9.49. The first-order valence-electron chi connectivity index (χ1n) is 5.06. The fraction of sp³-hybridized carbons (Fsp3) is 0.0833. The number of carbonyl (C=O) groups is 1. The lowest BCUT2D eigenvalue weighted by Gasteiger charge is -2.08. The van der Waals surface area contributed by atoms with Crippen molar-refractivity contribution in [3.05, 3.63) is 36.0 Å². The first kappa shape index (κ1) is 11.8. The maximum Gasteiger partial charge on any atom is 0.341 e. The Hall–Kier alpha value is -2.63. The van der Waals surface area contributed by atoms with Crippen LogP contribution in [-0.4, -0.2) is 33.5 Å². The van der Waals surface area contributed by atoms with Gasteiger partial charge in [0.1, 0.15) is 11.3 Å². The van der Waals surface area contributed by atoms with E-state index in [9.17, 15) is 15.0 Å². The summed E-state index contributed by atoms with van der Waals surface area (Å²) >= 11 is 0. The van der Waals surface area contributed by atoms with Crippen molar-refractivity contribution in [2.45, 2.75) is 0 Å². The number of nitrogens with zero attached hydrogens (tertiary/aromatic N) is 2. The number of phenols is 1. The van der Waals surface area contributed by atoms with E-state index in [2.05, 4.69) is 10.2 Å². The Morgan fingerprint density at radius 1 is 1.39 bits per heavy atom.